The summed E-state index contributed by atoms with van der Waals surface area (Å²) in [5, 5.41) is 13.7. The predicted octanol–water partition coefficient (Wildman–Crippen LogP) is 7.66. The topological polar surface area (TPSA) is 67.8 Å². The van der Waals surface area contributed by atoms with Gasteiger partial charge in [-0.25, -0.2) is 4.79 Å². The summed E-state index contributed by atoms with van der Waals surface area (Å²) in [5.41, 5.74) is 2.44. The zero-order valence-electron chi connectivity index (χ0n) is 25.9. The summed E-state index contributed by atoms with van der Waals surface area (Å²) >= 11 is 0. The van der Waals surface area contributed by atoms with E-state index in [0.717, 1.165) is 37.9 Å². The summed E-state index contributed by atoms with van der Waals surface area (Å²) in [5.74, 6) is 0.595. The number of aryl methyl sites for hydroxylation is 1. The zero-order chi connectivity index (χ0) is 29.3. The van der Waals surface area contributed by atoms with E-state index in [0.29, 0.717) is 12.5 Å². The number of nitrogens with one attached hydrogen (secondary N) is 1. The molecule has 1 unspecified atom stereocenters. The van der Waals surface area contributed by atoms with Crippen molar-refractivity contribution in [1.82, 2.24) is 5.32 Å². The number of benzene rings is 2. The van der Waals surface area contributed by atoms with E-state index in [-0.39, 0.29) is 11.6 Å². The number of rotatable bonds is 14. The molecule has 2 N–H and O–H groups in total. The van der Waals surface area contributed by atoms with Crippen molar-refractivity contribution in [2.45, 2.75) is 103 Å². The van der Waals surface area contributed by atoms with Crippen molar-refractivity contribution >= 4 is 14.4 Å². The van der Waals surface area contributed by atoms with Crippen LogP contribution in [0.1, 0.15) is 78.0 Å². The van der Waals surface area contributed by atoms with Gasteiger partial charge in [-0.1, -0.05) is 82.3 Å². The van der Waals surface area contributed by atoms with Gasteiger partial charge in [-0.3, -0.25) is 0 Å². The van der Waals surface area contributed by atoms with Gasteiger partial charge in [0.2, 0.25) is 0 Å². The van der Waals surface area contributed by atoms with E-state index in [9.17, 15) is 9.90 Å². The molecule has 0 aliphatic heterocycles. The van der Waals surface area contributed by atoms with Crippen molar-refractivity contribution in [2.24, 2.45) is 5.92 Å². The van der Waals surface area contributed by atoms with Crippen LogP contribution in [0, 0.1) is 5.92 Å². The summed E-state index contributed by atoms with van der Waals surface area (Å²) in [7, 11) is -1.81. The summed E-state index contributed by atoms with van der Waals surface area (Å²) in [6.07, 6.45) is 2.99. The molecule has 0 bridgehead atoms. The number of hydrogen-bond donors (Lipinski definition) is 2. The molecular formula is C33H53NO4Si. The lowest BCUT2D eigenvalue weighted by molar-refractivity contribution is 0.0500. The van der Waals surface area contributed by atoms with E-state index in [1.54, 1.807) is 0 Å². The Morgan fingerprint density at radius 1 is 0.923 bits per heavy atom. The monoisotopic (exact) mass is 555 g/mol. The second-order valence-electron chi connectivity index (χ2n) is 13.3. The minimum absolute atomic E-state index is 0.0565. The number of aliphatic hydroxyl groups excluding tert-OH is 1. The number of hydrogen-bond acceptors (Lipinski definition) is 4. The number of carbonyl (C=O) groups is 1. The van der Waals surface area contributed by atoms with Crippen LogP contribution < -0.4 is 5.32 Å². The highest BCUT2D eigenvalue weighted by Crippen LogP contribution is 2.44. The minimum Gasteiger partial charge on any atom is -0.444 e. The summed E-state index contributed by atoms with van der Waals surface area (Å²) in [6.45, 7) is 20.5. The van der Waals surface area contributed by atoms with Crippen LogP contribution in [-0.2, 0) is 27.4 Å². The smallest absolute Gasteiger partial charge is 0.407 e. The highest BCUT2D eigenvalue weighted by Gasteiger charge is 2.43. The first-order valence-electron chi connectivity index (χ1n) is 14.5. The van der Waals surface area contributed by atoms with E-state index >= 15 is 0 Å². The molecule has 218 valence electrons. The Kier molecular flexibility index (Phi) is 11.8. The molecule has 0 aliphatic carbocycles. The molecule has 6 heteroatoms. The molecule has 2 rings (SSSR count). The molecule has 39 heavy (non-hydrogen) atoms. The highest BCUT2D eigenvalue weighted by molar-refractivity contribution is 6.74. The van der Waals surface area contributed by atoms with E-state index in [1.807, 2.05) is 51.1 Å². The second kappa shape index (κ2) is 14.0. The van der Waals surface area contributed by atoms with Crippen LogP contribution in [0.4, 0.5) is 4.79 Å². The molecule has 2 aromatic carbocycles. The van der Waals surface area contributed by atoms with Gasteiger partial charge in [-0.05, 0) is 87.2 Å². The average molecular weight is 556 g/mol. The van der Waals surface area contributed by atoms with Crippen LogP contribution >= 0.6 is 0 Å². The maximum Gasteiger partial charge on any atom is 0.407 e. The number of aliphatic hydroxyl groups is 1. The standard InChI is InChI=1S/C33H53NO4Si/c1-26(2)32(6,7)39(8,9)37-23-21-28-19-17-27(18-20-28)14-13-22-33(25-35,29-15-11-10-12-16-29)24-34-30(36)38-31(3,4)5/h10-12,15-20,26,35H,13-14,21-25H2,1-9H3,(H,34,36). The second-order valence-corrected chi connectivity index (χ2v) is 17.9. The summed E-state index contributed by atoms with van der Waals surface area (Å²) in [4.78, 5) is 12.4. The van der Waals surface area contributed by atoms with Crippen LogP contribution in [0.3, 0.4) is 0 Å². The van der Waals surface area contributed by atoms with Crippen molar-refractivity contribution in [2.75, 3.05) is 19.8 Å². The molecule has 0 aliphatic rings. The number of carbonyl (C=O) groups excluding carboxylic acids is 1. The molecule has 0 fully saturated rings. The normalized spacial score (nSPS) is 14.2. The van der Waals surface area contributed by atoms with E-state index in [1.165, 1.54) is 11.1 Å². The Morgan fingerprint density at radius 3 is 2.00 bits per heavy atom. The lowest BCUT2D eigenvalue weighted by atomic mass is 9.76. The maximum absolute atomic E-state index is 12.4. The first kappa shape index (κ1) is 33.1. The molecule has 0 radical (unpaired) electrons. The summed E-state index contributed by atoms with van der Waals surface area (Å²) in [6, 6.07) is 18.8. The van der Waals surface area contributed by atoms with Crippen molar-refractivity contribution in [1.29, 1.82) is 0 Å². The van der Waals surface area contributed by atoms with Gasteiger partial charge in [0.05, 0.1) is 6.61 Å². The predicted molar refractivity (Wildman–Crippen MR) is 165 cm³/mol. The molecule has 1 atom stereocenters. The molecule has 0 heterocycles. The molecular weight excluding hydrogens is 502 g/mol. The van der Waals surface area contributed by atoms with Crippen LogP contribution in [0.15, 0.2) is 54.6 Å². The quantitative estimate of drug-likeness (QED) is 0.235. The van der Waals surface area contributed by atoms with Crippen LogP contribution in [-0.4, -0.2) is 44.9 Å². The Hall–Kier alpha value is -2.15. The first-order valence-corrected chi connectivity index (χ1v) is 17.4. The van der Waals surface area contributed by atoms with Crippen molar-refractivity contribution < 1.29 is 19.1 Å². The number of ether oxygens (including phenoxy) is 1. The van der Waals surface area contributed by atoms with Crippen molar-refractivity contribution in [3.8, 4) is 0 Å². The Balaban J connectivity index is 1.97. The molecule has 0 aromatic heterocycles. The van der Waals surface area contributed by atoms with Crippen LogP contribution in [0.25, 0.3) is 0 Å². The van der Waals surface area contributed by atoms with E-state index in [2.05, 4.69) is 70.4 Å². The summed E-state index contributed by atoms with van der Waals surface area (Å²) < 4.78 is 11.9. The Morgan fingerprint density at radius 2 is 1.49 bits per heavy atom. The van der Waals surface area contributed by atoms with Crippen molar-refractivity contribution in [3.05, 3.63) is 71.3 Å². The Bertz CT molecular complexity index is 1010. The molecule has 0 spiro atoms. The maximum atomic E-state index is 12.4. The lowest BCUT2D eigenvalue weighted by Crippen LogP contribution is -2.45. The first-order chi connectivity index (χ1) is 18.1. The third-order valence-corrected chi connectivity index (χ3v) is 13.3. The van der Waals surface area contributed by atoms with E-state index < -0.39 is 25.4 Å². The highest BCUT2D eigenvalue weighted by atomic mass is 28.4. The van der Waals surface area contributed by atoms with Gasteiger partial charge in [-0.2, -0.15) is 0 Å². The fourth-order valence-electron chi connectivity index (χ4n) is 4.72. The fourth-order valence-corrected chi connectivity index (χ4v) is 7.09. The number of amides is 1. The van der Waals surface area contributed by atoms with E-state index in [4.69, 9.17) is 9.16 Å². The molecule has 0 saturated heterocycles. The average Bonchev–Trinajstić information content (AvgIpc) is 2.86. The van der Waals surface area contributed by atoms with Crippen LogP contribution in [0.5, 0.6) is 0 Å². The largest absolute Gasteiger partial charge is 0.444 e. The molecule has 5 nitrogen and oxygen atoms in total. The van der Waals surface area contributed by atoms with Gasteiger partial charge in [0.15, 0.2) is 8.32 Å². The molecule has 1 amide bonds. The fraction of sp³-hybridized carbons (Fsp3) is 0.606. The van der Waals surface area contributed by atoms with Gasteiger partial charge >= 0.3 is 6.09 Å². The van der Waals surface area contributed by atoms with Gasteiger partial charge < -0.3 is 19.6 Å². The third-order valence-electron chi connectivity index (χ3n) is 8.65. The van der Waals surface area contributed by atoms with Crippen LogP contribution in [0.2, 0.25) is 18.1 Å². The molecule has 2 aromatic rings. The van der Waals surface area contributed by atoms with Crippen molar-refractivity contribution in [3.63, 3.8) is 0 Å². The minimum atomic E-state index is -1.81. The third kappa shape index (κ3) is 9.77. The Labute approximate surface area is 238 Å². The lowest BCUT2D eigenvalue weighted by Gasteiger charge is -2.42. The van der Waals surface area contributed by atoms with Gasteiger partial charge in [0.1, 0.15) is 5.60 Å². The van der Waals surface area contributed by atoms with Gasteiger partial charge in [0, 0.05) is 18.6 Å². The number of alkyl carbamates (subject to hydrolysis) is 1. The van der Waals surface area contributed by atoms with Gasteiger partial charge in [-0.15, -0.1) is 0 Å². The zero-order valence-corrected chi connectivity index (χ0v) is 26.9. The van der Waals surface area contributed by atoms with Gasteiger partial charge in [0.25, 0.3) is 0 Å². The molecule has 0 saturated carbocycles. The SMILES string of the molecule is CC(C)C(C)(C)[Si](C)(C)OCCc1ccc(CCCC(CO)(CNC(=O)OC(C)(C)C)c2ccccc2)cc1.